The lowest BCUT2D eigenvalue weighted by molar-refractivity contribution is 0.300. The molecule has 5 heteroatoms. The van der Waals surface area contributed by atoms with Gasteiger partial charge in [-0.2, -0.15) is 0 Å². The molecule has 0 unspecified atom stereocenters. The van der Waals surface area contributed by atoms with Gasteiger partial charge in [0.2, 0.25) is 0 Å². The highest BCUT2D eigenvalue weighted by molar-refractivity contribution is 6.32. The highest BCUT2D eigenvalue weighted by Crippen LogP contribution is 2.32. The van der Waals surface area contributed by atoms with Gasteiger partial charge in [0.15, 0.2) is 0 Å². The predicted octanol–water partition coefficient (Wildman–Crippen LogP) is 5.51. The molecule has 1 aromatic heterocycles. The van der Waals surface area contributed by atoms with Gasteiger partial charge in [0.25, 0.3) is 0 Å². The molecule has 0 aliphatic rings. The van der Waals surface area contributed by atoms with Crippen molar-refractivity contribution in [3.8, 4) is 5.75 Å². The van der Waals surface area contributed by atoms with Crippen molar-refractivity contribution in [1.82, 2.24) is 0 Å². The minimum atomic E-state index is -0.402. The number of rotatable bonds is 6. The summed E-state index contributed by atoms with van der Waals surface area (Å²) in [7, 11) is 0. The number of hydrogen-bond donors (Lipinski definition) is 0. The predicted molar refractivity (Wildman–Crippen MR) is 96.8 cm³/mol. The van der Waals surface area contributed by atoms with Gasteiger partial charge in [-0.25, -0.2) is 9.18 Å². The van der Waals surface area contributed by atoms with Gasteiger partial charge in [0, 0.05) is 23.1 Å². The first-order valence-electron chi connectivity index (χ1n) is 8.21. The first kappa shape index (κ1) is 17.5. The molecule has 0 fully saturated rings. The second-order valence-electron chi connectivity index (χ2n) is 5.85. The minimum Gasteiger partial charge on any atom is -0.487 e. The fourth-order valence-electron chi connectivity index (χ4n) is 2.68. The number of halogens is 2. The quantitative estimate of drug-likeness (QED) is 0.544. The topological polar surface area (TPSA) is 39.4 Å². The molecular formula is C20H18ClFO3. The standard InChI is InChI=1S/C20H18ClFO3/c1-2-3-6-13-9-20(23)25-18-11-19(16(21)10-15(13)18)24-12-14-7-4-5-8-17(14)22/h4-5,7-11H,2-3,6,12H2,1H3. The molecule has 0 N–H and O–H groups in total. The molecule has 3 aromatic rings. The van der Waals surface area contributed by atoms with E-state index < -0.39 is 5.63 Å². The third-order valence-corrected chi connectivity index (χ3v) is 4.32. The Balaban J connectivity index is 1.93. The summed E-state index contributed by atoms with van der Waals surface area (Å²) in [4.78, 5) is 11.8. The average Bonchev–Trinajstić information content (AvgIpc) is 2.59. The van der Waals surface area contributed by atoms with Crippen molar-refractivity contribution in [2.75, 3.05) is 0 Å². The van der Waals surface area contributed by atoms with E-state index >= 15 is 0 Å². The van der Waals surface area contributed by atoms with Gasteiger partial charge in [-0.3, -0.25) is 0 Å². The van der Waals surface area contributed by atoms with Crippen molar-refractivity contribution in [3.05, 3.63) is 74.9 Å². The summed E-state index contributed by atoms with van der Waals surface area (Å²) in [6.45, 7) is 2.13. The average molecular weight is 361 g/mol. The van der Waals surface area contributed by atoms with Gasteiger partial charge in [-0.15, -0.1) is 0 Å². The van der Waals surface area contributed by atoms with Crippen LogP contribution in [0.15, 0.2) is 51.7 Å². The Bertz CT molecular complexity index is 949. The summed E-state index contributed by atoms with van der Waals surface area (Å²) in [5, 5.41) is 1.20. The second kappa shape index (κ2) is 7.70. The number of aryl methyl sites for hydroxylation is 1. The Kier molecular flexibility index (Phi) is 5.39. The highest BCUT2D eigenvalue weighted by Gasteiger charge is 2.12. The summed E-state index contributed by atoms with van der Waals surface area (Å²) in [5.74, 6) is 0.0148. The van der Waals surface area contributed by atoms with E-state index in [1.807, 2.05) is 0 Å². The van der Waals surface area contributed by atoms with Crippen LogP contribution in [0.5, 0.6) is 5.75 Å². The highest BCUT2D eigenvalue weighted by atomic mass is 35.5. The Morgan fingerprint density at radius 2 is 1.96 bits per heavy atom. The van der Waals surface area contributed by atoms with Crippen LogP contribution in [0.2, 0.25) is 5.02 Å². The number of fused-ring (bicyclic) bond motifs is 1. The van der Waals surface area contributed by atoms with Crippen molar-refractivity contribution in [3.63, 3.8) is 0 Å². The van der Waals surface area contributed by atoms with Crippen LogP contribution in [0.25, 0.3) is 11.0 Å². The molecule has 0 aliphatic carbocycles. The summed E-state index contributed by atoms with van der Waals surface area (Å²) >= 11 is 6.32. The zero-order valence-corrected chi connectivity index (χ0v) is 14.6. The van der Waals surface area contributed by atoms with Crippen molar-refractivity contribution < 1.29 is 13.5 Å². The van der Waals surface area contributed by atoms with Gasteiger partial charge in [0.1, 0.15) is 23.8 Å². The van der Waals surface area contributed by atoms with Crippen LogP contribution < -0.4 is 10.4 Å². The molecule has 0 bridgehead atoms. The summed E-state index contributed by atoms with van der Waals surface area (Å²) in [5.41, 5.74) is 1.36. The zero-order valence-electron chi connectivity index (χ0n) is 13.9. The molecule has 3 nitrogen and oxygen atoms in total. The van der Waals surface area contributed by atoms with Gasteiger partial charge in [0.05, 0.1) is 5.02 Å². The van der Waals surface area contributed by atoms with Crippen LogP contribution in [-0.2, 0) is 13.0 Å². The lowest BCUT2D eigenvalue weighted by Gasteiger charge is -2.11. The number of benzene rings is 2. The van der Waals surface area contributed by atoms with E-state index in [1.54, 1.807) is 30.3 Å². The van der Waals surface area contributed by atoms with Crippen LogP contribution >= 0.6 is 11.6 Å². The molecule has 0 saturated carbocycles. The van der Waals surface area contributed by atoms with E-state index in [1.165, 1.54) is 12.1 Å². The van der Waals surface area contributed by atoms with Gasteiger partial charge in [-0.05, 0) is 30.5 Å². The maximum Gasteiger partial charge on any atom is 0.336 e. The van der Waals surface area contributed by atoms with Crippen LogP contribution in [0.3, 0.4) is 0 Å². The third-order valence-electron chi connectivity index (χ3n) is 4.02. The number of unbranched alkanes of at least 4 members (excludes halogenated alkanes) is 1. The SMILES string of the molecule is CCCCc1cc(=O)oc2cc(OCc3ccccc3F)c(Cl)cc12. The van der Waals surface area contributed by atoms with E-state index in [4.69, 9.17) is 20.8 Å². The van der Waals surface area contributed by atoms with Crippen LogP contribution in [0.1, 0.15) is 30.9 Å². The smallest absolute Gasteiger partial charge is 0.336 e. The molecule has 130 valence electrons. The maximum atomic E-state index is 13.7. The normalized spacial score (nSPS) is 11.0. The van der Waals surface area contributed by atoms with E-state index in [9.17, 15) is 9.18 Å². The van der Waals surface area contributed by atoms with Crippen molar-refractivity contribution in [2.45, 2.75) is 32.8 Å². The Labute approximate surface area is 150 Å². The van der Waals surface area contributed by atoms with Crippen LogP contribution in [-0.4, -0.2) is 0 Å². The van der Waals surface area contributed by atoms with E-state index in [0.717, 1.165) is 30.2 Å². The first-order valence-corrected chi connectivity index (χ1v) is 8.58. The van der Waals surface area contributed by atoms with Gasteiger partial charge >= 0.3 is 5.63 Å². The fraction of sp³-hybridized carbons (Fsp3) is 0.250. The summed E-state index contributed by atoms with van der Waals surface area (Å²) in [6.07, 6.45) is 2.78. The second-order valence-corrected chi connectivity index (χ2v) is 6.26. The van der Waals surface area contributed by atoms with Gasteiger partial charge in [-0.1, -0.05) is 43.1 Å². The third kappa shape index (κ3) is 4.02. The molecule has 1 heterocycles. The zero-order chi connectivity index (χ0) is 17.8. The monoisotopic (exact) mass is 360 g/mol. The van der Waals surface area contributed by atoms with Crippen LogP contribution in [0.4, 0.5) is 4.39 Å². The molecule has 0 atom stereocenters. The van der Waals surface area contributed by atoms with E-state index in [-0.39, 0.29) is 12.4 Å². The lowest BCUT2D eigenvalue weighted by atomic mass is 10.0. The molecule has 0 amide bonds. The molecular weight excluding hydrogens is 343 g/mol. The molecule has 2 aromatic carbocycles. The van der Waals surface area contributed by atoms with Crippen molar-refractivity contribution in [1.29, 1.82) is 0 Å². The van der Waals surface area contributed by atoms with Crippen molar-refractivity contribution in [2.24, 2.45) is 0 Å². The molecule has 25 heavy (non-hydrogen) atoms. The van der Waals surface area contributed by atoms with Crippen LogP contribution in [0, 0.1) is 5.82 Å². The fourth-order valence-corrected chi connectivity index (χ4v) is 2.90. The van der Waals surface area contributed by atoms with E-state index in [2.05, 4.69) is 6.92 Å². The lowest BCUT2D eigenvalue weighted by Crippen LogP contribution is -2.02. The summed E-state index contributed by atoms with van der Waals surface area (Å²) in [6, 6.07) is 11.2. The Hall–Kier alpha value is -2.33. The van der Waals surface area contributed by atoms with E-state index in [0.29, 0.717) is 21.9 Å². The Morgan fingerprint density at radius 3 is 2.72 bits per heavy atom. The maximum absolute atomic E-state index is 13.7. The first-order chi connectivity index (χ1) is 12.1. The molecule has 0 aliphatic heterocycles. The summed E-state index contributed by atoms with van der Waals surface area (Å²) < 4.78 is 24.6. The molecule has 0 saturated heterocycles. The molecule has 0 radical (unpaired) electrons. The minimum absolute atomic E-state index is 0.0393. The number of ether oxygens (including phenoxy) is 1. The number of hydrogen-bond acceptors (Lipinski definition) is 3. The van der Waals surface area contributed by atoms with Gasteiger partial charge < -0.3 is 9.15 Å². The van der Waals surface area contributed by atoms with Crippen molar-refractivity contribution >= 4 is 22.6 Å². The Morgan fingerprint density at radius 1 is 1.16 bits per heavy atom. The largest absolute Gasteiger partial charge is 0.487 e. The molecule has 3 rings (SSSR count). The molecule has 0 spiro atoms.